The van der Waals surface area contributed by atoms with Crippen LogP contribution >= 0.6 is 11.6 Å². The zero-order valence-corrected chi connectivity index (χ0v) is 12.1. The molecule has 1 fully saturated rings. The maximum atomic E-state index is 11.8. The topological polar surface area (TPSA) is 38.8 Å². The van der Waals surface area contributed by atoms with Crippen LogP contribution in [-0.4, -0.2) is 36.8 Å². The molecule has 1 heterocycles. The van der Waals surface area contributed by atoms with Crippen LogP contribution in [0.1, 0.15) is 25.5 Å². The number of carbonyl (C=O) groups excluding carboxylic acids is 1. The fourth-order valence-corrected chi connectivity index (χ4v) is 2.39. The van der Waals surface area contributed by atoms with E-state index in [2.05, 4.69) is 0 Å². The number of benzene rings is 1. The predicted octanol–water partition coefficient (Wildman–Crippen LogP) is 3.26. The fourth-order valence-electron chi connectivity index (χ4n) is 2.19. The number of ether oxygens (including phenoxy) is 2. The van der Waals surface area contributed by atoms with E-state index < -0.39 is 0 Å². The maximum absolute atomic E-state index is 11.8. The van der Waals surface area contributed by atoms with Gasteiger partial charge in [0.25, 0.3) is 0 Å². The molecule has 2 rings (SSSR count). The molecule has 1 aromatic rings. The molecule has 1 amide bonds. The first-order valence-electron chi connectivity index (χ1n) is 6.17. The zero-order valence-electron chi connectivity index (χ0n) is 11.4. The van der Waals surface area contributed by atoms with E-state index in [1.807, 2.05) is 38.1 Å². The molecule has 1 atom stereocenters. The first-order valence-corrected chi connectivity index (χ1v) is 6.54. The number of carbonyl (C=O) groups is 1. The van der Waals surface area contributed by atoms with Crippen molar-refractivity contribution >= 4 is 17.7 Å². The first-order chi connectivity index (χ1) is 8.94. The monoisotopic (exact) mass is 283 g/mol. The molecular weight excluding hydrogens is 266 g/mol. The Balaban J connectivity index is 2.20. The lowest BCUT2D eigenvalue weighted by Gasteiger charge is -2.44. The van der Waals surface area contributed by atoms with E-state index in [9.17, 15) is 4.79 Å². The smallest absolute Gasteiger partial charge is 0.410 e. The molecule has 0 saturated carbocycles. The summed E-state index contributed by atoms with van der Waals surface area (Å²) in [6, 6.07) is 7.50. The first kappa shape index (κ1) is 14.2. The van der Waals surface area contributed by atoms with Gasteiger partial charge in [0.05, 0.1) is 25.8 Å². The SMILES string of the molecule is COC(=O)N1CC(c2cccc(Cl)c2)OCC1(C)C. The van der Waals surface area contributed by atoms with Crippen molar-refractivity contribution < 1.29 is 14.3 Å². The van der Waals surface area contributed by atoms with Gasteiger partial charge in [-0.3, -0.25) is 4.90 Å². The highest BCUT2D eigenvalue weighted by atomic mass is 35.5. The normalized spacial score (nSPS) is 22.1. The van der Waals surface area contributed by atoms with Crippen molar-refractivity contribution in [1.82, 2.24) is 4.90 Å². The Kier molecular flexibility index (Phi) is 4.02. The summed E-state index contributed by atoms with van der Waals surface area (Å²) in [7, 11) is 1.39. The van der Waals surface area contributed by atoms with Crippen LogP contribution in [0.5, 0.6) is 0 Å². The molecule has 19 heavy (non-hydrogen) atoms. The second-order valence-electron chi connectivity index (χ2n) is 5.25. The minimum absolute atomic E-state index is 0.175. The van der Waals surface area contributed by atoms with Gasteiger partial charge in [0.2, 0.25) is 0 Å². The van der Waals surface area contributed by atoms with E-state index >= 15 is 0 Å². The number of methoxy groups -OCH3 is 1. The average Bonchev–Trinajstić information content (AvgIpc) is 2.37. The standard InChI is InChI=1S/C14H18ClNO3/c1-14(2)9-19-12(8-16(14)13(17)18-3)10-5-4-6-11(15)7-10/h4-7,12H,8-9H2,1-3H3. The number of hydrogen-bond acceptors (Lipinski definition) is 3. The van der Waals surface area contributed by atoms with Crippen molar-refractivity contribution in [2.24, 2.45) is 0 Å². The quantitative estimate of drug-likeness (QED) is 0.794. The number of nitrogens with zero attached hydrogens (tertiary/aromatic N) is 1. The largest absolute Gasteiger partial charge is 0.453 e. The highest BCUT2D eigenvalue weighted by Gasteiger charge is 2.39. The summed E-state index contributed by atoms with van der Waals surface area (Å²) in [4.78, 5) is 13.5. The van der Waals surface area contributed by atoms with Crippen molar-refractivity contribution in [3.63, 3.8) is 0 Å². The second-order valence-corrected chi connectivity index (χ2v) is 5.68. The van der Waals surface area contributed by atoms with Crippen molar-refractivity contribution in [2.45, 2.75) is 25.5 Å². The van der Waals surface area contributed by atoms with E-state index in [4.69, 9.17) is 21.1 Å². The molecule has 0 aromatic heterocycles. The summed E-state index contributed by atoms with van der Waals surface area (Å²) in [5.74, 6) is 0. The van der Waals surface area contributed by atoms with Crippen molar-refractivity contribution in [3.05, 3.63) is 34.9 Å². The van der Waals surface area contributed by atoms with Gasteiger partial charge in [0, 0.05) is 5.02 Å². The summed E-state index contributed by atoms with van der Waals surface area (Å²) in [6.45, 7) is 4.83. The molecule has 1 saturated heterocycles. The van der Waals surface area contributed by atoms with Crippen LogP contribution in [0.4, 0.5) is 4.79 Å². The molecule has 1 aromatic carbocycles. The number of halogens is 1. The van der Waals surface area contributed by atoms with Crippen LogP contribution < -0.4 is 0 Å². The van der Waals surface area contributed by atoms with Gasteiger partial charge < -0.3 is 9.47 Å². The van der Waals surface area contributed by atoms with Crippen molar-refractivity contribution in [1.29, 1.82) is 0 Å². The van der Waals surface area contributed by atoms with Gasteiger partial charge in [0.15, 0.2) is 0 Å². The Hall–Kier alpha value is -1.26. The third-order valence-corrected chi connectivity index (χ3v) is 3.57. The summed E-state index contributed by atoms with van der Waals surface area (Å²) in [6.07, 6.45) is -0.508. The van der Waals surface area contributed by atoms with Crippen LogP contribution in [0.3, 0.4) is 0 Å². The summed E-state index contributed by atoms with van der Waals surface area (Å²) < 4.78 is 10.7. The van der Waals surface area contributed by atoms with Crippen LogP contribution in [0.25, 0.3) is 0 Å². The Morgan fingerprint density at radius 1 is 1.53 bits per heavy atom. The number of amides is 1. The molecule has 1 aliphatic heterocycles. The molecule has 0 N–H and O–H groups in total. The number of morpholine rings is 1. The van der Waals surface area contributed by atoms with Gasteiger partial charge in [-0.25, -0.2) is 4.79 Å². The van der Waals surface area contributed by atoms with E-state index in [1.165, 1.54) is 7.11 Å². The summed E-state index contributed by atoms with van der Waals surface area (Å²) >= 11 is 5.99. The lowest BCUT2D eigenvalue weighted by molar-refractivity contribution is -0.0897. The molecule has 104 valence electrons. The fraction of sp³-hybridized carbons (Fsp3) is 0.500. The molecule has 0 spiro atoms. The van der Waals surface area contributed by atoms with Crippen LogP contribution in [0.2, 0.25) is 5.02 Å². The van der Waals surface area contributed by atoms with Crippen LogP contribution in [0.15, 0.2) is 24.3 Å². The highest BCUT2D eigenvalue weighted by molar-refractivity contribution is 6.30. The Morgan fingerprint density at radius 2 is 2.26 bits per heavy atom. The van der Waals surface area contributed by atoms with Gasteiger partial charge in [-0.15, -0.1) is 0 Å². The molecular formula is C14H18ClNO3. The van der Waals surface area contributed by atoms with Crippen molar-refractivity contribution in [3.8, 4) is 0 Å². The third-order valence-electron chi connectivity index (χ3n) is 3.33. The van der Waals surface area contributed by atoms with Crippen LogP contribution in [0, 0.1) is 0 Å². The molecule has 5 heteroatoms. The molecule has 1 unspecified atom stereocenters. The van der Waals surface area contributed by atoms with Gasteiger partial charge in [-0.2, -0.15) is 0 Å². The summed E-state index contributed by atoms with van der Waals surface area (Å²) in [5.41, 5.74) is 0.597. The van der Waals surface area contributed by atoms with E-state index in [-0.39, 0.29) is 17.7 Å². The molecule has 0 aliphatic carbocycles. The molecule has 4 nitrogen and oxygen atoms in total. The average molecular weight is 284 g/mol. The van der Waals surface area contributed by atoms with Gasteiger partial charge in [0.1, 0.15) is 6.10 Å². The zero-order chi connectivity index (χ0) is 14.0. The minimum atomic E-state index is -0.373. The van der Waals surface area contributed by atoms with Crippen molar-refractivity contribution in [2.75, 3.05) is 20.3 Å². The molecule has 1 aliphatic rings. The maximum Gasteiger partial charge on any atom is 0.410 e. The lowest BCUT2D eigenvalue weighted by Crippen LogP contribution is -2.56. The van der Waals surface area contributed by atoms with Crippen LogP contribution in [-0.2, 0) is 9.47 Å². The van der Waals surface area contributed by atoms with Gasteiger partial charge >= 0.3 is 6.09 Å². The molecule has 0 radical (unpaired) electrons. The molecule has 0 bridgehead atoms. The number of rotatable bonds is 1. The van der Waals surface area contributed by atoms with Gasteiger partial charge in [-0.05, 0) is 31.5 Å². The highest BCUT2D eigenvalue weighted by Crippen LogP contribution is 2.31. The third kappa shape index (κ3) is 3.01. The minimum Gasteiger partial charge on any atom is -0.453 e. The van der Waals surface area contributed by atoms with E-state index in [0.717, 1.165) is 5.56 Å². The summed E-state index contributed by atoms with van der Waals surface area (Å²) in [5, 5.41) is 0.663. The van der Waals surface area contributed by atoms with E-state index in [0.29, 0.717) is 18.2 Å². The van der Waals surface area contributed by atoms with E-state index in [1.54, 1.807) is 4.90 Å². The Labute approximate surface area is 118 Å². The number of hydrogen-bond donors (Lipinski definition) is 0. The Morgan fingerprint density at radius 3 is 2.89 bits per heavy atom. The van der Waals surface area contributed by atoms with Gasteiger partial charge in [-0.1, -0.05) is 23.7 Å². The Bertz CT molecular complexity index is 476. The second kappa shape index (κ2) is 5.39. The lowest BCUT2D eigenvalue weighted by atomic mass is 9.99. The predicted molar refractivity (Wildman–Crippen MR) is 73.3 cm³/mol.